The molecule has 1 aliphatic heterocycles. The Morgan fingerprint density at radius 2 is 1.83 bits per heavy atom. The van der Waals surface area contributed by atoms with Gasteiger partial charge < -0.3 is 10.2 Å². The lowest BCUT2D eigenvalue weighted by Gasteiger charge is -2.15. The zero-order valence-corrected chi connectivity index (χ0v) is 17.2. The van der Waals surface area contributed by atoms with E-state index in [1.54, 1.807) is 12.1 Å². The molecule has 4 rings (SSSR count). The van der Waals surface area contributed by atoms with Crippen molar-refractivity contribution in [2.45, 2.75) is 33.1 Å². The molecule has 29 heavy (non-hydrogen) atoms. The van der Waals surface area contributed by atoms with Gasteiger partial charge in [0.15, 0.2) is 4.96 Å². The van der Waals surface area contributed by atoms with Crippen molar-refractivity contribution >= 4 is 33.8 Å². The summed E-state index contributed by atoms with van der Waals surface area (Å²) in [5.74, 6) is -0.367. The molecule has 7 nitrogen and oxygen atoms in total. The monoisotopic (exact) mass is 410 g/mol. The molecule has 0 spiro atoms. The topological polar surface area (TPSA) is 83.8 Å². The molecule has 0 aliphatic carbocycles. The Labute approximate surface area is 172 Å². The van der Waals surface area contributed by atoms with Gasteiger partial charge >= 0.3 is 0 Å². The van der Waals surface area contributed by atoms with E-state index in [1.807, 2.05) is 30.9 Å². The number of thiazole rings is 1. The predicted octanol–water partition coefficient (Wildman–Crippen LogP) is 2.79. The van der Waals surface area contributed by atoms with Gasteiger partial charge in [-0.1, -0.05) is 12.1 Å². The molecule has 0 radical (unpaired) electrons. The van der Waals surface area contributed by atoms with Gasteiger partial charge in [-0.2, -0.15) is 0 Å². The second kappa shape index (κ2) is 7.79. The normalized spacial score (nSPS) is 13.8. The Morgan fingerprint density at radius 1 is 1.14 bits per heavy atom. The summed E-state index contributed by atoms with van der Waals surface area (Å²) in [4.78, 5) is 45.3. The van der Waals surface area contributed by atoms with Crippen molar-refractivity contribution in [2.24, 2.45) is 0 Å². The standard InChI is InChI=1S/C21H22N4O3S/c1-13-14(2)29-21-22-12-17(20(28)25(13)21)19(27)23-16-7-5-15(6-8-16)11-18(26)24-9-3-4-10-24/h5-8,12H,3-4,9-11H2,1-2H3,(H,23,27). The lowest BCUT2D eigenvalue weighted by atomic mass is 10.1. The Hall–Kier alpha value is -3.00. The number of carbonyl (C=O) groups is 2. The molecule has 1 aromatic carbocycles. The van der Waals surface area contributed by atoms with E-state index in [0.717, 1.165) is 42.1 Å². The number of amides is 2. The van der Waals surface area contributed by atoms with Crippen molar-refractivity contribution < 1.29 is 9.59 Å². The average Bonchev–Trinajstić information content (AvgIpc) is 3.33. The first-order chi connectivity index (χ1) is 13.9. The van der Waals surface area contributed by atoms with E-state index in [2.05, 4.69) is 10.3 Å². The predicted molar refractivity (Wildman–Crippen MR) is 113 cm³/mol. The molecule has 0 atom stereocenters. The summed E-state index contributed by atoms with van der Waals surface area (Å²) in [5.41, 5.74) is 1.88. The van der Waals surface area contributed by atoms with Crippen molar-refractivity contribution in [2.75, 3.05) is 18.4 Å². The largest absolute Gasteiger partial charge is 0.342 e. The maximum absolute atomic E-state index is 12.7. The summed E-state index contributed by atoms with van der Waals surface area (Å²) in [7, 11) is 0. The lowest BCUT2D eigenvalue weighted by Crippen LogP contribution is -2.29. The van der Waals surface area contributed by atoms with Gasteiger partial charge in [0.1, 0.15) is 5.56 Å². The zero-order valence-electron chi connectivity index (χ0n) is 16.4. The Bertz CT molecular complexity index is 1140. The SMILES string of the molecule is Cc1sc2ncc(C(=O)Nc3ccc(CC(=O)N4CCCC4)cc3)c(=O)n2c1C. The van der Waals surface area contributed by atoms with Crippen LogP contribution in [-0.2, 0) is 11.2 Å². The molecule has 0 unspecified atom stereocenters. The van der Waals surface area contributed by atoms with Crippen LogP contribution in [0.1, 0.15) is 39.3 Å². The molecular formula is C21H22N4O3S. The quantitative estimate of drug-likeness (QED) is 0.717. The van der Waals surface area contributed by atoms with Gasteiger partial charge in [0.2, 0.25) is 5.91 Å². The second-order valence-corrected chi connectivity index (χ2v) is 8.44. The maximum Gasteiger partial charge on any atom is 0.271 e. The van der Waals surface area contributed by atoms with E-state index in [0.29, 0.717) is 17.1 Å². The third-order valence-electron chi connectivity index (χ3n) is 5.29. The average molecular weight is 410 g/mol. The molecule has 1 saturated heterocycles. The number of carbonyl (C=O) groups excluding carboxylic acids is 2. The summed E-state index contributed by atoms with van der Waals surface area (Å²) < 4.78 is 1.47. The highest BCUT2D eigenvalue weighted by atomic mass is 32.1. The van der Waals surface area contributed by atoms with Gasteiger partial charge in [0.05, 0.1) is 6.42 Å². The molecule has 2 amide bonds. The first-order valence-electron chi connectivity index (χ1n) is 9.60. The van der Waals surface area contributed by atoms with E-state index in [-0.39, 0.29) is 17.0 Å². The molecule has 3 aromatic rings. The molecular weight excluding hydrogens is 388 g/mol. The molecule has 1 N–H and O–H groups in total. The Kier molecular flexibility index (Phi) is 5.19. The van der Waals surface area contributed by atoms with Crippen molar-refractivity contribution in [1.82, 2.24) is 14.3 Å². The van der Waals surface area contributed by atoms with E-state index in [4.69, 9.17) is 0 Å². The van der Waals surface area contributed by atoms with Crippen LogP contribution in [-0.4, -0.2) is 39.2 Å². The number of anilines is 1. The highest BCUT2D eigenvalue weighted by Gasteiger charge is 2.19. The van der Waals surface area contributed by atoms with Gasteiger partial charge in [-0.3, -0.25) is 18.8 Å². The smallest absolute Gasteiger partial charge is 0.271 e. The first kappa shape index (κ1) is 19.3. The van der Waals surface area contributed by atoms with Crippen LogP contribution in [0.25, 0.3) is 4.96 Å². The number of nitrogens with zero attached hydrogens (tertiary/aromatic N) is 3. The fourth-order valence-electron chi connectivity index (χ4n) is 3.49. The molecule has 0 bridgehead atoms. The summed E-state index contributed by atoms with van der Waals surface area (Å²) >= 11 is 1.42. The van der Waals surface area contributed by atoms with Crippen LogP contribution >= 0.6 is 11.3 Å². The highest BCUT2D eigenvalue weighted by Crippen LogP contribution is 2.19. The van der Waals surface area contributed by atoms with Crippen molar-refractivity contribution in [3.05, 3.63) is 62.5 Å². The van der Waals surface area contributed by atoms with E-state index < -0.39 is 5.91 Å². The van der Waals surface area contributed by atoms with Crippen molar-refractivity contribution in [3.8, 4) is 0 Å². The van der Waals surface area contributed by atoms with Crippen LogP contribution in [0.4, 0.5) is 5.69 Å². The number of fused-ring (bicyclic) bond motifs is 1. The first-order valence-corrected chi connectivity index (χ1v) is 10.4. The Morgan fingerprint density at radius 3 is 2.52 bits per heavy atom. The summed E-state index contributed by atoms with van der Waals surface area (Å²) in [6, 6.07) is 7.14. The number of hydrogen-bond acceptors (Lipinski definition) is 5. The zero-order chi connectivity index (χ0) is 20.5. The lowest BCUT2D eigenvalue weighted by molar-refractivity contribution is -0.129. The van der Waals surface area contributed by atoms with Gasteiger partial charge in [-0.25, -0.2) is 4.98 Å². The number of aromatic nitrogens is 2. The highest BCUT2D eigenvalue weighted by molar-refractivity contribution is 7.17. The molecule has 3 heterocycles. The summed E-state index contributed by atoms with van der Waals surface area (Å²) in [5, 5.41) is 2.74. The van der Waals surface area contributed by atoms with Crippen LogP contribution < -0.4 is 10.9 Å². The number of nitrogens with one attached hydrogen (secondary N) is 1. The van der Waals surface area contributed by atoms with Gasteiger partial charge in [0, 0.05) is 35.5 Å². The van der Waals surface area contributed by atoms with Crippen molar-refractivity contribution in [3.63, 3.8) is 0 Å². The fraction of sp³-hybridized carbons (Fsp3) is 0.333. The van der Waals surface area contributed by atoms with Crippen LogP contribution in [0.2, 0.25) is 0 Å². The van der Waals surface area contributed by atoms with Gasteiger partial charge in [0.25, 0.3) is 11.5 Å². The van der Waals surface area contributed by atoms with E-state index in [1.165, 1.54) is 21.9 Å². The second-order valence-electron chi connectivity index (χ2n) is 7.25. The van der Waals surface area contributed by atoms with E-state index in [9.17, 15) is 14.4 Å². The third kappa shape index (κ3) is 3.80. The van der Waals surface area contributed by atoms with Gasteiger partial charge in [-0.05, 0) is 44.4 Å². The van der Waals surface area contributed by atoms with Gasteiger partial charge in [-0.15, -0.1) is 11.3 Å². The van der Waals surface area contributed by atoms with E-state index >= 15 is 0 Å². The van der Waals surface area contributed by atoms with Crippen LogP contribution in [0.3, 0.4) is 0 Å². The Balaban J connectivity index is 1.48. The maximum atomic E-state index is 12.7. The number of rotatable bonds is 4. The minimum atomic E-state index is -0.499. The molecule has 2 aromatic heterocycles. The number of likely N-dealkylation sites (tertiary alicyclic amines) is 1. The molecule has 1 aliphatic rings. The number of aryl methyl sites for hydroxylation is 2. The number of benzene rings is 1. The summed E-state index contributed by atoms with van der Waals surface area (Å²) in [6.45, 7) is 5.43. The fourth-order valence-corrected chi connectivity index (χ4v) is 4.42. The van der Waals surface area contributed by atoms with Crippen molar-refractivity contribution in [1.29, 1.82) is 0 Å². The van der Waals surface area contributed by atoms with Crippen LogP contribution in [0.5, 0.6) is 0 Å². The molecule has 1 fully saturated rings. The third-order valence-corrected chi connectivity index (χ3v) is 6.36. The minimum Gasteiger partial charge on any atom is -0.342 e. The van der Waals surface area contributed by atoms with Crippen LogP contribution in [0.15, 0.2) is 35.3 Å². The summed E-state index contributed by atoms with van der Waals surface area (Å²) in [6.07, 6.45) is 3.82. The van der Waals surface area contributed by atoms with Crippen LogP contribution in [0, 0.1) is 13.8 Å². The molecule has 8 heteroatoms. The number of hydrogen-bond donors (Lipinski definition) is 1. The molecule has 0 saturated carbocycles. The molecule has 150 valence electrons. The minimum absolute atomic E-state index is 0.00307.